The average Bonchev–Trinajstić information content (AvgIpc) is 3.27. The zero-order valence-corrected chi connectivity index (χ0v) is 23.9. The maximum absolute atomic E-state index is 14.9. The van der Waals surface area contributed by atoms with Crippen LogP contribution < -0.4 is 9.47 Å². The molecule has 0 spiro atoms. The highest BCUT2D eigenvalue weighted by Crippen LogP contribution is 2.41. The van der Waals surface area contributed by atoms with E-state index in [-0.39, 0.29) is 17.6 Å². The minimum atomic E-state index is -3.14. The number of allylic oxidation sites excluding steroid dienone is 2. The van der Waals surface area contributed by atoms with Crippen LogP contribution >= 0.6 is 0 Å². The van der Waals surface area contributed by atoms with Gasteiger partial charge in [0.15, 0.2) is 17.2 Å². The number of imidazole rings is 1. The van der Waals surface area contributed by atoms with E-state index >= 15 is 0 Å². The van der Waals surface area contributed by atoms with Gasteiger partial charge in [-0.2, -0.15) is 8.78 Å². The molecule has 3 aromatic rings. The van der Waals surface area contributed by atoms with Crippen LogP contribution in [0.5, 0.6) is 11.5 Å². The summed E-state index contributed by atoms with van der Waals surface area (Å²) in [6.07, 6.45) is 3.34. The summed E-state index contributed by atoms with van der Waals surface area (Å²) in [5.74, 6) is -1.76. The number of fused-ring (bicyclic) bond motifs is 3. The summed E-state index contributed by atoms with van der Waals surface area (Å²) in [5.41, 5.74) is 2.76. The number of alkyl halides is 2. The Morgan fingerprint density at radius 2 is 1.85 bits per heavy atom. The smallest absolute Gasteiger partial charge is 0.291 e. The monoisotopic (exact) mass is 537 g/mol. The van der Waals surface area contributed by atoms with E-state index in [0.29, 0.717) is 41.4 Å². The topological polar surface area (TPSA) is 56.6 Å². The molecule has 0 saturated heterocycles. The lowest BCUT2D eigenvalue weighted by Gasteiger charge is -2.32. The predicted molar refractivity (Wildman–Crippen MR) is 149 cm³/mol. The molecule has 6 nitrogen and oxygen atoms in total. The summed E-state index contributed by atoms with van der Waals surface area (Å²) in [4.78, 5) is 20.2. The number of halogens is 2. The summed E-state index contributed by atoms with van der Waals surface area (Å²) in [6.45, 7) is 11.3. The fourth-order valence-corrected chi connectivity index (χ4v) is 4.70. The van der Waals surface area contributed by atoms with E-state index in [9.17, 15) is 13.6 Å². The van der Waals surface area contributed by atoms with Crippen molar-refractivity contribution in [3.05, 3.63) is 71.1 Å². The SMILES string of the molecule is CC=CC(F)(F)c1cccc(-c2nc(C(=O)N(C)C(C)(C)C)c3n2-c2cc(OC(C)C)c(OC)cc2CC3)c1. The molecule has 0 aliphatic carbocycles. The third-order valence-electron chi connectivity index (χ3n) is 6.97. The van der Waals surface area contributed by atoms with Crippen LogP contribution in [-0.2, 0) is 18.8 Å². The molecule has 0 unspecified atom stereocenters. The number of carbonyl (C=O) groups is 1. The van der Waals surface area contributed by atoms with Gasteiger partial charge in [0.1, 0.15) is 5.82 Å². The molecule has 0 saturated carbocycles. The van der Waals surface area contributed by atoms with Gasteiger partial charge in [0.25, 0.3) is 11.8 Å². The molecule has 0 fully saturated rings. The van der Waals surface area contributed by atoms with Crippen molar-refractivity contribution in [1.29, 1.82) is 0 Å². The first-order chi connectivity index (χ1) is 18.3. The van der Waals surface area contributed by atoms with Crippen molar-refractivity contribution in [1.82, 2.24) is 14.5 Å². The number of hydrogen-bond donors (Lipinski definition) is 0. The van der Waals surface area contributed by atoms with Crippen LogP contribution in [0.25, 0.3) is 17.1 Å². The largest absolute Gasteiger partial charge is 0.493 e. The lowest BCUT2D eigenvalue weighted by atomic mass is 9.98. The number of ether oxygens (including phenoxy) is 2. The zero-order chi connectivity index (χ0) is 28.7. The molecule has 0 N–H and O–H groups in total. The van der Waals surface area contributed by atoms with Gasteiger partial charge in [-0.25, -0.2) is 4.98 Å². The van der Waals surface area contributed by atoms with Gasteiger partial charge in [-0.05, 0) is 78.2 Å². The fourth-order valence-electron chi connectivity index (χ4n) is 4.70. The molecule has 208 valence electrons. The minimum absolute atomic E-state index is 0.0922. The predicted octanol–water partition coefficient (Wildman–Crippen LogP) is 6.97. The first-order valence-electron chi connectivity index (χ1n) is 13.2. The number of aryl methyl sites for hydroxylation is 1. The lowest BCUT2D eigenvalue weighted by Crippen LogP contribution is -2.43. The molecule has 1 amide bonds. The van der Waals surface area contributed by atoms with Crippen molar-refractivity contribution >= 4 is 5.91 Å². The average molecular weight is 538 g/mol. The number of aromatic nitrogens is 2. The molecule has 1 aromatic heterocycles. The van der Waals surface area contributed by atoms with Crippen molar-refractivity contribution in [2.24, 2.45) is 0 Å². The summed E-state index contributed by atoms with van der Waals surface area (Å²) < 4.78 is 43.3. The lowest BCUT2D eigenvalue weighted by molar-refractivity contribution is 0.0520. The molecular formula is C31H37F2N3O3. The highest BCUT2D eigenvalue weighted by atomic mass is 19.3. The molecule has 8 heteroatoms. The number of benzene rings is 2. The summed E-state index contributed by atoms with van der Waals surface area (Å²) in [7, 11) is 3.35. The quantitative estimate of drug-likeness (QED) is 0.306. The molecule has 2 aromatic carbocycles. The van der Waals surface area contributed by atoms with Gasteiger partial charge in [0.2, 0.25) is 0 Å². The van der Waals surface area contributed by atoms with E-state index < -0.39 is 11.5 Å². The van der Waals surface area contributed by atoms with Crippen LogP contribution in [0.3, 0.4) is 0 Å². The van der Waals surface area contributed by atoms with E-state index in [1.165, 1.54) is 18.2 Å². The Labute approximate surface area is 229 Å². The number of nitrogens with zero attached hydrogens (tertiary/aromatic N) is 3. The number of hydrogen-bond acceptors (Lipinski definition) is 4. The second-order valence-corrected chi connectivity index (χ2v) is 11.1. The number of rotatable bonds is 7. The van der Waals surface area contributed by atoms with E-state index in [0.717, 1.165) is 23.0 Å². The Kier molecular flexibility index (Phi) is 7.61. The maximum atomic E-state index is 14.9. The second-order valence-electron chi connectivity index (χ2n) is 11.1. The molecule has 0 atom stereocenters. The van der Waals surface area contributed by atoms with Gasteiger partial charge in [0.05, 0.1) is 24.6 Å². The summed E-state index contributed by atoms with van der Waals surface area (Å²) in [5, 5.41) is 0. The van der Waals surface area contributed by atoms with E-state index in [1.807, 2.05) is 51.3 Å². The van der Waals surface area contributed by atoms with Gasteiger partial charge in [-0.1, -0.05) is 24.3 Å². The van der Waals surface area contributed by atoms with Gasteiger partial charge < -0.3 is 14.4 Å². The zero-order valence-electron chi connectivity index (χ0n) is 23.9. The van der Waals surface area contributed by atoms with Crippen LogP contribution in [0.4, 0.5) is 8.78 Å². The minimum Gasteiger partial charge on any atom is -0.493 e. The summed E-state index contributed by atoms with van der Waals surface area (Å²) in [6, 6.07) is 10.0. The van der Waals surface area contributed by atoms with Gasteiger partial charge in [0, 0.05) is 29.8 Å². The molecule has 39 heavy (non-hydrogen) atoms. The van der Waals surface area contributed by atoms with Crippen LogP contribution in [0, 0.1) is 0 Å². The first kappa shape index (κ1) is 28.3. The van der Waals surface area contributed by atoms with Gasteiger partial charge >= 0.3 is 0 Å². The van der Waals surface area contributed by atoms with Crippen LogP contribution in [0.15, 0.2) is 48.6 Å². The Hall–Kier alpha value is -3.68. The van der Waals surface area contributed by atoms with Crippen molar-refractivity contribution < 1.29 is 23.0 Å². The molecule has 1 aliphatic rings. The molecule has 2 heterocycles. The fraction of sp³-hybridized carbons (Fsp3) is 0.419. The maximum Gasteiger partial charge on any atom is 0.291 e. The van der Waals surface area contributed by atoms with Crippen LogP contribution in [0.1, 0.15) is 68.9 Å². The number of amides is 1. The van der Waals surface area contributed by atoms with E-state index in [4.69, 9.17) is 14.5 Å². The van der Waals surface area contributed by atoms with Crippen molar-refractivity contribution in [3.8, 4) is 28.6 Å². The van der Waals surface area contributed by atoms with Crippen molar-refractivity contribution in [2.75, 3.05) is 14.2 Å². The molecule has 4 rings (SSSR count). The first-order valence-corrected chi connectivity index (χ1v) is 13.2. The molecule has 0 radical (unpaired) electrons. The molecular weight excluding hydrogens is 500 g/mol. The third kappa shape index (κ3) is 5.42. The highest BCUT2D eigenvalue weighted by molar-refractivity contribution is 5.95. The van der Waals surface area contributed by atoms with Gasteiger partial charge in [-0.15, -0.1) is 0 Å². The summed E-state index contributed by atoms with van der Waals surface area (Å²) >= 11 is 0. The second kappa shape index (κ2) is 10.5. The Balaban J connectivity index is 2.00. The standard InChI is InChI=1S/C31H37F2N3O3/c1-9-15-31(32,33)22-12-10-11-21(16-22)28-34-27(29(37)35(7)30(4,5)6)23-14-13-20-17-25(38-8)26(39-19(2)3)18-24(20)36(23)28/h9-12,15-19H,13-14H2,1-8H3. The molecule has 0 bridgehead atoms. The van der Waals surface area contributed by atoms with Crippen LogP contribution in [0.2, 0.25) is 0 Å². The third-order valence-corrected chi connectivity index (χ3v) is 6.97. The van der Waals surface area contributed by atoms with E-state index in [1.54, 1.807) is 38.1 Å². The molecule has 1 aliphatic heterocycles. The normalized spacial score (nSPS) is 13.4. The Morgan fingerprint density at radius 1 is 1.13 bits per heavy atom. The van der Waals surface area contributed by atoms with Crippen molar-refractivity contribution in [2.45, 2.75) is 71.9 Å². The Morgan fingerprint density at radius 3 is 2.46 bits per heavy atom. The van der Waals surface area contributed by atoms with Gasteiger partial charge in [-0.3, -0.25) is 9.36 Å². The number of methoxy groups -OCH3 is 1. The van der Waals surface area contributed by atoms with E-state index in [2.05, 4.69) is 0 Å². The highest BCUT2D eigenvalue weighted by Gasteiger charge is 2.34. The van der Waals surface area contributed by atoms with Crippen molar-refractivity contribution in [3.63, 3.8) is 0 Å². The van der Waals surface area contributed by atoms with Crippen LogP contribution in [-0.4, -0.2) is 46.2 Å². The Bertz CT molecular complexity index is 1420. The number of carbonyl (C=O) groups excluding carboxylic acids is 1.